The lowest BCUT2D eigenvalue weighted by molar-refractivity contribution is -0.314. The van der Waals surface area contributed by atoms with E-state index in [-0.39, 0.29) is 0 Å². The molecule has 2 nitrogen and oxygen atoms in total. The molecule has 1 aliphatic rings. The van der Waals surface area contributed by atoms with E-state index in [9.17, 15) is 22.0 Å². The van der Waals surface area contributed by atoms with Crippen molar-refractivity contribution >= 4 is 22.6 Å². The Morgan fingerprint density at radius 3 is 2.00 bits per heavy atom. The summed E-state index contributed by atoms with van der Waals surface area (Å²) in [4.78, 5) is 3.64. The van der Waals surface area contributed by atoms with Crippen molar-refractivity contribution in [1.29, 1.82) is 0 Å². The number of hydroxylamine groups is 1. The Morgan fingerprint density at radius 2 is 1.67 bits per heavy atom. The van der Waals surface area contributed by atoms with E-state index < -0.39 is 22.3 Å². The molecule has 1 saturated heterocycles. The van der Waals surface area contributed by atoms with Crippen molar-refractivity contribution in [2.24, 2.45) is 0 Å². The Bertz CT molecular complexity index is 178. The largest absolute Gasteiger partial charge is 0.372 e. The van der Waals surface area contributed by atoms with Gasteiger partial charge in [-0.15, -0.1) is 5.48 Å². The second-order valence-corrected chi connectivity index (χ2v) is 3.73. The van der Waals surface area contributed by atoms with Gasteiger partial charge in [-0.1, -0.05) is 0 Å². The van der Waals surface area contributed by atoms with Crippen LogP contribution in [-0.4, -0.2) is 22.3 Å². The predicted molar refractivity (Wildman–Crippen MR) is 36.8 cm³/mol. The molecule has 72 valence electrons. The molecule has 0 radical (unpaired) electrons. The van der Waals surface area contributed by atoms with Gasteiger partial charge in [0, 0.05) is 0 Å². The van der Waals surface area contributed by atoms with E-state index in [1.54, 1.807) is 0 Å². The monoisotopic (exact) mass is 303 g/mol. The second-order valence-electron chi connectivity index (χ2n) is 2.24. The van der Waals surface area contributed by atoms with E-state index in [4.69, 9.17) is 0 Å². The number of hydrogen-bond donors (Lipinski definition) is 1. The standard InChI is InChI=1S/C4H3F5INO/c5-2(6)1-12-11-4(8,9)3(2,7)10/h11H,1H2. The first-order chi connectivity index (χ1) is 5.21. The lowest BCUT2D eigenvalue weighted by Gasteiger charge is -2.38. The summed E-state index contributed by atoms with van der Waals surface area (Å²) in [7, 11) is 0. The quantitative estimate of drug-likeness (QED) is 0.319. The SMILES string of the molecule is FC1(F)CONC(F)(F)C1(F)I. The van der Waals surface area contributed by atoms with E-state index in [0.29, 0.717) is 22.6 Å². The number of alkyl halides is 6. The molecule has 1 fully saturated rings. The Kier molecular flexibility index (Phi) is 2.29. The summed E-state index contributed by atoms with van der Waals surface area (Å²) < 4.78 is 58.5. The zero-order chi connectivity index (χ0) is 9.62. The Balaban J connectivity index is 2.99. The van der Waals surface area contributed by atoms with Gasteiger partial charge in [0.15, 0.2) is 0 Å². The Hall–Kier alpha value is 0.300. The minimum absolute atomic E-state index is 0.367. The first-order valence-corrected chi connectivity index (χ1v) is 3.81. The van der Waals surface area contributed by atoms with Crippen LogP contribution in [0.1, 0.15) is 0 Å². The van der Waals surface area contributed by atoms with Gasteiger partial charge in [-0.3, -0.25) is 4.84 Å². The van der Waals surface area contributed by atoms with Crippen molar-refractivity contribution in [3.8, 4) is 0 Å². The van der Waals surface area contributed by atoms with Crippen molar-refractivity contribution < 1.29 is 26.8 Å². The molecule has 1 unspecified atom stereocenters. The fourth-order valence-electron chi connectivity index (χ4n) is 0.602. The topological polar surface area (TPSA) is 21.3 Å². The van der Waals surface area contributed by atoms with E-state index in [1.807, 2.05) is 0 Å². The van der Waals surface area contributed by atoms with Gasteiger partial charge in [-0.2, -0.15) is 17.6 Å². The van der Waals surface area contributed by atoms with Crippen LogP contribution in [0.2, 0.25) is 0 Å². The molecule has 0 aromatic carbocycles. The van der Waals surface area contributed by atoms with Gasteiger partial charge in [0.2, 0.25) is 0 Å². The highest BCUT2D eigenvalue weighted by molar-refractivity contribution is 14.1. The number of nitrogens with one attached hydrogen (secondary N) is 1. The molecule has 1 atom stereocenters. The van der Waals surface area contributed by atoms with E-state index >= 15 is 0 Å². The average Bonchev–Trinajstić information content (AvgIpc) is 1.83. The maximum Gasteiger partial charge on any atom is 0.372 e. The van der Waals surface area contributed by atoms with Crippen molar-refractivity contribution in [2.45, 2.75) is 15.6 Å². The maximum absolute atomic E-state index is 12.8. The van der Waals surface area contributed by atoms with Crippen LogP contribution in [0.3, 0.4) is 0 Å². The number of halogens is 6. The van der Waals surface area contributed by atoms with Gasteiger partial charge in [-0.25, -0.2) is 4.39 Å². The molecule has 0 aromatic heterocycles. The molecule has 8 heteroatoms. The van der Waals surface area contributed by atoms with E-state index in [1.165, 1.54) is 0 Å². The molecule has 1 heterocycles. The molecular weight excluding hydrogens is 300 g/mol. The van der Waals surface area contributed by atoms with Crippen LogP contribution in [0.5, 0.6) is 0 Å². The number of hydrogen-bond acceptors (Lipinski definition) is 2. The first kappa shape index (κ1) is 10.4. The third-order valence-electron chi connectivity index (χ3n) is 1.31. The smallest absolute Gasteiger partial charge is 0.290 e. The van der Waals surface area contributed by atoms with Crippen LogP contribution in [-0.2, 0) is 4.84 Å². The van der Waals surface area contributed by atoms with Gasteiger partial charge in [0.25, 0.3) is 0 Å². The highest BCUT2D eigenvalue weighted by atomic mass is 127. The summed E-state index contributed by atoms with van der Waals surface area (Å²) >= 11 is 0.367. The summed E-state index contributed by atoms with van der Waals surface area (Å²) in [6, 6.07) is -4.39. The minimum atomic E-state index is -4.39. The van der Waals surface area contributed by atoms with Crippen LogP contribution in [0.4, 0.5) is 22.0 Å². The van der Waals surface area contributed by atoms with Crippen molar-refractivity contribution in [1.82, 2.24) is 5.48 Å². The molecule has 0 bridgehead atoms. The maximum atomic E-state index is 12.8. The molecule has 0 aromatic rings. The summed E-state index contributed by atoms with van der Waals surface area (Å²) in [6.07, 6.45) is 0. The summed E-state index contributed by atoms with van der Waals surface area (Å²) in [5, 5.41) is 0. The highest BCUT2D eigenvalue weighted by Crippen LogP contribution is 2.50. The average molecular weight is 303 g/mol. The molecule has 12 heavy (non-hydrogen) atoms. The lowest BCUT2D eigenvalue weighted by atomic mass is 10.2. The summed E-state index contributed by atoms with van der Waals surface area (Å²) in [5.74, 6) is -4.21. The van der Waals surface area contributed by atoms with Crippen LogP contribution < -0.4 is 5.48 Å². The van der Waals surface area contributed by atoms with Crippen LogP contribution in [0.25, 0.3) is 0 Å². The minimum Gasteiger partial charge on any atom is -0.290 e. The molecule has 1 N–H and O–H groups in total. The fourth-order valence-corrected chi connectivity index (χ4v) is 0.868. The third kappa shape index (κ3) is 1.29. The molecule has 0 spiro atoms. The Morgan fingerprint density at radius 1 is 1.17 bits per heavy atom. The normalized spacial score (nSPS) is 39.5. The van der Waals surface area contributed by atoms with Crippen molar-refractivity contribution in [3.05, 3.63) is 0 Å². The molecule has 1 aliphatic heterocycles. The highest BCUT2D eigenvalue weighted by Gasteiger charge is 2.71. The molecule has 1 rings (SSSR count). The third-order valence-corrected chi connectivity index (χ3v) is 2.77. The predicted octanol–water partition coefficient (Wildman–Crippen LogP) is 1.85. The second kappa shape index (κ2) is 2.64. The Labute approximate surface area is 77.5 Å². The van der Waals surface area contributed by atoms with Gasteiger partial charge < -0.3 is 0 Å². The summed E-state index contributed by atoms with van der Waals surface area (Å²) in [5.41, 5.74) is 0.908. The van der Waals surface area contributed by atoms with Crippen molar-refractivity contribution in [3.63, 3.8) is 0 Å². The zero-order valence-electron chi connectivity index (χ0n) is 5.38. The summed E-state index contributed by atoms with van der Waals surface area (Å²) in [6.45, 7) is -1.41. The van der Waals surface area contributed by atoms with Crippen LogP contribution >= 0.6 is 22.6 Å². The zero-order valence-corrected chi connectivity index (χ0v) is 7.54. The molecular formula is C4H3F5INO. The van der Waals surface area contributed by atoms with E-state index in [2.05, 4.69) is 4.84 Å². The first-order valence-electron chi connectivity index (χ1n) is 2.73. The van der Waals surface area contributed by atoms with Gasteiger partial charge in [0.1, 0.15) is 6.61 Å². The van der Waals surface area contributed by atoms with Gasteiger partial charge in [-0.05, 0) is 22.6 Å². The number of rotatable bonds is 0. The molecule has 0 aliphatic carbocycles. The lowest BCUT2D eigenvalue weighted by Crippen LogP contribution is -2.66. The van der Waals surface area contributed by atoms with Crippen LogP contribution in [0, 0.1) is 0 Å². The molecule has 0 saturated carbocycles. The van der Waals surface area contributed by atoms with Crippen LogP contribution in [0.15, 0.2) is 0 Å². The van der Waals surface area contributed by atoms with Crippen molar-refractivity contribution in [2.75, 3.05) is 6.61 Å². The fraction of sp³-hybridized carbons (Fsp3) is 1.00. The van der Waals surface area contributed by atoms with Gasteiger partial charge in [0.05, 0.1) is 0 Å². The van der Waals surface area contributed by atoms with E-state index in [0.717, 1.165) is 5.48 Å². The molecule has 0 amide bonds. The van der Waals surface area contributed by atoms with Gasteiger partial charge >= 0.3 is 15.6 Å².